The molecule has 1 aliphatic rings. The van der Waals surface area contributed by atoms with Gasteiger partial charge >= 0.3 is 0 Å². The van der Waals surface area contributed by atoms with Crippen LogP contribution in [0.15, 0.2) is 41.2 Å². The summed E-state index contributed by atoms with van der Waals surface area (Å²) < 4.78 is 7.66. The van der Waals surface area contributed by atoms with Gasteiger partial charge in [0.15, 0.2) is 0 Å². The van der Waals surface area contributed by atoms with E-state index in [9.17, 15) is 4.79 Å². The van der Waals surface area contributed by atoms with E-state index in [0.29, 0.717) is 11.6 Å². The number of pyridine rings is 1. The predicted molar refractivity (Wildman–Crippen MR) is 88.1 cm³/mol. The van der Waals surface area contributed by atoms with Crippen LogP contribution in [0.25, 0.3) is 11.3 Å². The molecule has 22 heavy (non-hydrogen) atoms. The molecule has 4 heteroatoms. The molecule has 4 nitrogen and oxygen atoms in total. The van der Waals surface area contributed by atoms with Crippen LogP contribution in [-0.4, -0.2) is 10.7 Å². The van der Waals surface area contributed by atoms with E-state index in [1.807, 2.05) is 54.8 Å². The van der Waals surface area contributed by atoms with E-state index in [-0.39, 0.29) is 18.2 Å². The zero-order chi connectivity index (χ0) is 15.7. The number of hydrogen-bond donors (Lipinski definition) is 1. The summed E-state index contributed by atoms with van der Waals surface area (Å²) in [5, 5.41) is 0. The lowest BCUT2D eigenvalue weighted by Crippen LogP contribution is -2.25. The van der Waals surface area contributed by atoms with Crippen LogP contribution in [0, 0.1) is 0 Å². The molecule has 0 saturated heterocycles. The average molecular weight is 298 g/mol. The van der Waals surface area contributed by atoms with Crippen molar-refractivity contribution in [2.75, 3.05) is 0 Å². The molecule has 2 aromatic rings. The molecule has 0 aliphatic heterocycles. The van der Waals surface area contributed by atoms with E-state index in [1.165, 1.54) is 0 Å². The molecule has 2 N–H and O–H groups in total. The van der Waals surface area contributed by atoms with Gasteiger partial charge in [-0.1, -0.05) is 18.2 Å². The Morgan fingerprint density at radius 1 is 1.27 bits per heavy atom. The molecule has 1 aromatic heterocycles. The lowest BCUT2D eigenvalue weighted by atomic mass is 10.1. The molecule has 0 amide bonds. The van der Waals surface area contributed by atoms with E-state index in [4.69, 9.17) is 10.5 Å². The second-order valence-corrected chi connectivity index (χ2v) is 6.05. The molecular weight excluding hydrogens is 276 g/mol. The molecule has 3 rings (SSSR count). The first-order valence-corrected chi connectivity index (χ1v) is 7.81. The third-order valence-corrected chi connectivity index (χ3v) is 3.83. The Morgan fingerprint density at radius 2 is 2.05 bits per heavy atom. The highest BCUT2D eigenvalue weighted by Crippen LogP contribution is 2.37. The Balaban J connectivity index is 2.08. The van der Waals surface area contributed by atoms with Crippen LogP contribution in [0.1, 0.15) is 38.3 Å². The van der Waals surface area contributed by atoms with Gasteiger partial charge in [0.2, 0.25) is 0 Å². The minimum Gasteiger partial charge on any atom is -0.491 e. The lowest BCUT2D eigenvalue weighted by molar-refractivity contribution is 0.242. The zero-order valence-corrected chi connectivity index (χ0v) is 13.1. The SMILES string of the molecule is CC(C)Oc1cccc(-c2ccc(CN)c(=O)n2C2CC2)c1. The Hall–Kier alpha value is -2.07. The fourth-order valence-electron chi connectivity index (χ4n) is 2.68. The number of nitrogens with zero attached hydrogens (tertiary/aromatic N) is 1. The van der Waals surface area contributed by atoms with Gasteiger partial charge in [0.05, 0.1) is 11.8 Å². The molecule has 0 spiro atoms. The van der Waals surface area contributed by atoms with E-state index in [1.54, 1.807) is 0 Å². The number of ether oxygens (including phenoxy) is 1. The summed E-state index contributed by atoms with van der Waals surface area (Å²) in [5.74, 6) is 0.824. The fourth-order valence-corrected chi connectivity index (χ4v) is 2.68. The maximum atomic E-state index is 12.6. The highest BCUT2D eigenvalue weighted by molar-refractivity contribution is 5.62. The smallest absolute Gasteiger partial charge is 0.255 e. The van der Waals surface area contributed by atoms with Crippen LogP contribution >= 0.6 is 0 Å². The second-order valence-electron chi connectivity index (χ2n) is 6.05. The van der Waals surface area contributed by atoms with Crippen molar-refractivity contribution in [1.82, 2.24) is 4.57 Å². The molecule has 0 atom stereocenters. The number of hydrogen-bond acceptors (Lipinski definition) is 3. The summed E-state index contributed by atoms with van der Waals surface area (Å²) >= 11 is 0. The van der Waals surface area contributed by atoms with Crippen LogP contribution in [0.4, 0.5) is 0 Å². The summed E-state index contributed by atoms with van der Waals surface area (Å²) in [6, 6.07) is 12.1. The van der Waals surface area contributed by atoms with Crippen LogP contribution in [-0.2, 0) is 6.54 Å². The van der Waals surface area contributed by atoms with Gasteiger partial charge in [0.25, 0.3) is 5.56 Å². The van der Waals surface area contributed by atoms with Gasteiger partial charge in [-0.3, -0.25) is 4.79 Å². The third-order valence-electron chi connectivity index (χ3n) is 3.83. The van der Waals surface area contributed by atoms with Gasteiger partial charge in [-0.25, -0.2) is 0 Å². The van der Waals surface area contributed by atoms with Gasteiger partial charge < -0.3 is 15.0 Å². The van der Waals surface area contributed by atoms with Gasteiger partial charge in [-0.05, 0) is 44.9 Å². The van der Waals surface area contributed by atoms with Crippen molar-refractivity contribution < 1.29 is 4.74 Å². The quantitative estimate of drug-likeness (QED) is 0.922. The molecule has 0 bridgehead atoms. The van der Waals surface area contributed by atoms with Crippen LogP contribution in [0.3, 0.4) is 0 Å². The van der Waals surface area contributed by atoms with Gasteiger partial charge in [-0.15, -0.1) is 0 Å². The van der Waals surface area contributed by atoms with Crippen molar-refractivity contribution in [3.63, 3.8) is 0 Å². The predicted octanol–water partition coefficient (Wildman–Crippen LogP) is 3.10. The largest absolute Gasteiger partial charge is 0.491 e. The second kappa shape index (κ2) is 5.97. The Morgan fingerprint density at radius 3 is 2.68 bits per heavy atom. The highest BCUT2D eigenvalue weighted by Gasteiger charge is 2.27. The van der Waals surface area contributed by atoms with Gasteiger partial charge in [-0.2, -0.15) is 0 Å². The van der Waals surface area contributed by atoms with Crippen molar-refractivity contribution in [1.29, 1.82) is 0 Å². The zero-order valence-electron chi connectivity index (χ0n) is 13.1. The summed E-state index contributed by atoms with van der Waals surface area (Å²) in [7, 11) is 0. The summed E-state index contributed by atoms with van der Waals surface area (Å²) in [6.07, 6.45) is 2.24. The number of benzene rings is 1. The molecule has 1 heterocycles. The van der Waals surface area contributed by atoms with Gasteiger partial charge in [0.1, 0.15) is 5.75 Å². The standard InChI is InChI=1S/C18H22N2O2/c1-12(2)22-16-5-3-4-13(10-16)17-9-6-14(11-19)18(21)20(17)15-7-8-15/h3-6,9-10,12,15H,7-8,11,19H2,1-2H3. The molecule has 1 saturated carbocycles. The number of nitrogens with two attached hydrogens (primary N) is 1. The van der Waals surface area contributed by atoms with E-state index < -0.39 is 0 Å². The van der Waals surface area contributed by atoms with Crippen LogP contribution in [0.5, 0.6) is 5.75 Å². The third kappa shape index (κ3) is 2.92. The molecule has 1 aromatic carbocycles. The van der Waals surface area contributed by atoms with E-state index in [0.717, 1.165) is 29.8 Å². The van der Waals surface area contributed by atoms with Crippen molar-refractivity contribution in [3.8, 4) is 17.0 Å². The van der Waals surface area contributed by atoms with E-state index >= 15 is 0 Å². The number of aromatic nitrogens is 1. The van der Waals surface area contributed by atoms with Crippen molar-refractivity contribution >= 4 is 0 Å². The minimum absolute atomic E-state index is 0.0395. The molecule has 0 radical (unpaired) electrons. The summed E-state index contributed by atoms with van der Waals surface area (Å²) in [6.45, 7) is 4.29. The maximum Gasteiger partial charge on any atom is 0.255 e. The average Bonchev–Trinajstić information content (AvgIpc) is 3.31. The van der Waals surface area contributed by atoms with Crippen LogP contribution < -0.4 is 16.0 Å². The normalized spacial score (nSPS) is 14.4. The summed E-state index contributed by atoms with van der Waals surface area (Å²) in [5.41, 5.74) is 8.33. The highest BCUT2D eigenvalue weighted by atomic mass is 16.5. The number of rotatable bonds is 5. The fraction of sp³-hybridized carbons (Fsp3) is 0.389. The monoisotopic (exact) mass is 298 g/mol. The summed E-state index contributed by atoms with van der Waals surface area (Å²) in [4.78, 5) is 12.6. The maximum absolute atomic E-state index is 12.6. The van der Waals surface area contributed by atoms with Gasteiger partial charge in [0, 0.05) is 23.7 Å². The molecule has 1 fully saturated rings. The molecule has 1 aliphatic carbocycles. The molecular formula is C18H22N2O2. The first kappa shape index (κ1) is 14.9. The first-order valence-electron chi connectivity index (χ1n) is 7.81. The van der Waals surface area contributed by atoms with Crippen LogP contribution in [0.2, 0.25) is 0 Å². The Labute approximate surface area is 130 Å². The minimum atomic E-state index is 0.0395. The Kier molecular flexibility index (Phi) is 4.03. The first-order chi connectivity index (χ1) is 10.6. The Bertz CT molecular complexity index is 730. The van der Waals surface area contributed by atoms with E-state index in [2.05, 4.69) is 0 Å². The molecule has 0 unspecified atom stereocenters. The van der Waals surface area contributed by atoms with Crippen molar-refractivity contribution in [3.05, 3.63) is 52.3 Å². The lowest BCUT2D eigenvalue weighted by Gasteiger charge is -2.15. The molecule has 116 valence electrons. The topological polar surface area (TPSA) is 57.2 Å². The van der Waals surface area contributed by atoms with Crippen molar-refractivity contribution in [2.24, 2.45) is 5.73 Å². The van der Waals surface area contributed by atoms with Crippen molar-refractivity contribution in [2.45, 2.75) is 45.4 Å².